The second-order valence-electron chi connectivity index (χ2n) is 7.18. The van der Waals surface area contributed by atoms with E-state index in [2.05, 4.69) is 32.0 Å². The van der Waals surface area contributed by atoms with Crippen molar-refractivity contribution in [2.75, 3.05) is 16.0 Å². The molecule has 0 atom stereocenters. The Morgan fingerprint density at radius 3 is 2.58 bits per heavy atom. The summed E-state index contributed by atoms with van der Waals surface area (Å²) in [5, 5.41) is 9.45. The number of carbonyl (C=O) groups is 1. The summed E-state index contributed by atoms with van der Waals surface area (Å²) in [6.07, 6.45) is 2.25. The summed E-state index contributed by atoms with van der Waals surface area (Å²) < 4.78 is 13.3. The molecule has 1 aromatic heterocycles. The van der Waals surface area contributed by atoms with Gasteiger partial charge in [0.1, 0.15) is 23.8 Å². The molecule has 5 rings (SSSR count). The van der Waals surface area contributed by atoms with Crippen LogP contribution in [-0.2, 0) is 6.42 Å². The van der Waals surface area contributed by atoms with Crippen LogP contribution in [0.1, 0.15) is 21.5 Å². The topological polar surface area (TPSA) is 78.9 Å². The lowest BCUT2D eigenvalue weighted by Crippen LogP contribution is -2.12. The molecule has 6 nitrogen and oxygen atoms in total. The Labute approximate surface area is 178 Å². The fourth-order valence-electron chi connectivity index (χ4n) is 3.52. The fourth-order valence-corrected chi connectivity index (χ4v) is 3.52. The minimum Gasteiger partial charge on any atom is -0.340 e. The van der Waals surface area contributed by atoms with Gasteiger partial charge in [-0.15, -0.1) is 0 Å². The Kier molecular flexibility index (Phi) is 4.76. The van der Waals surface area contributed by atoms with E-state index in [0.29, 0.717) is 5.69 Å². The zero-order chi connectivity index (χ0) is 21.2. The first kappa shape index (κ1) is 18.7. The van der Waals surface area contributed by atoms with Gasteiger partial charge in [-0.2, -0.15) is 0 Å². The average Bonchev–Trinajstić information content (AvgIpc) is 2.79. The Morgan fingerprint density at radius 1 is 0.935 bits per heavy atom. The van der Waals surface area contributed by atoms with E-state index in [1.165, 1.54) is 30.1 Å². The quantitative estimate of drug-likeness (QED) is 0.376. The molecule has 0 spiro atoms. The molecule has 1 aliphatic heterocycles. The molecule has 0 fully saturated rings. The summed E-state index contributed by atoms with van der Waals surface area (Å²) in [4.78, 5) is 21.1. The lowest BCUT2D eigenvalue weighted by atomic mass is 10.00. The highest BCUT2D eigenvalue weighted by Crippen LogP contribution is 2.35. The van der Waals surface area contributed by atoms with Crippen LogP contribution in [0.15, 0.2) is 79.1 Å². The molecule has 1 aliphatic rings. The molecular formula is C24H18FN5O. The molecule has 3 N–H and O–H groups in total. The van der Waals surface area contributed by atoms with Crippen LogP contribution in [0, 0.1) is 5.82 Å². The summed E-state index contributed by atoms with van der Waals surface area (Å²) in [6, 6.07) is 21.0. The predicted molar refractivity (Wildman–Crippen MR) is 119 cm³/mol. The minimum absolute atomic E-state index is 0.266. The number of nitrogens with one attached hydrogen (secondary N) is 3. The molecule has 0 bridgehead atoms. The van der Waals surface area contributed by atoms with E-state index in [4.69, 9.17) is 0 Å². The van der Waals surface area contributed by atoms with Crippen molar-refractivity contribution in [3.8, 4) is 0 Å². The molecule has 0 unspecified atom stereocenters. The third kappa shape index (κ3) is 3.93. The van der Waals surface area contributed by atoms with Crippen molar-refractivity contribution in [2.24, 2.45) is 0 Å². The van der Waals surface area contributed by atoms with Gasteiger partial charge in [0.25, 0.3) is 5.91 Å². The zero-order valence-corrected chi connectivity index (χ0v) is 16.4. The monoisotopic (exact) mass is 411 g/mol. The van der Waals surface area contributed by atoms with Crippen LogP contribution in [0.25, 0.3) is 0 Å². The third-order valence-electron chi connectivity index (χ3n) is 5.08. The van der Waals surface area contributed by atoms with Gasteiger partial charge in [0.2, 0.25) is 0 Å². The maximum atomic E-state index is 13.3. The maximum Gasteiger partial charge on any atom is 0.255 e. The number of rotatable bonds is 4. The Bertz CT molecular complexity index is 1270. The first-order valence-electron chi connectivity index (χ1n) is 9.78. The SMILES string of the molecule is O=C(Nc1ccc(Nc2ncnc3c2Cc2ccccc2N3)cc1)c1cccc(F)c1. The van der Waals surface area contributed by atoms with E-state index in [-0.39, 0.29) is 11.5 Å². The summed E-state index contributed by atoms with van der Waals surface area (Å²) >= 11 is 0. The summed E-state index contributed by atoms with van der Waals surface area (Å²) in [6.45, 7) is 0. The number of fused-ring (bicyclic) bond motifs is 2. The fraction of sp³-hybridized carbons (Fsp3) is 0.0417. The molecule has 3 aromatic carbocycles. The van der Waals surface area contributed by atoms with Gasteiger partial charge < -0.3 is 16.0 Å². The second kappa shape index (κ2) is 7.87. The number of halogens is 1. The van der Waals surface area contributed by atoms with Gasteiger partial charge in [-0.1, -0.05) is 24.3 Å². The smallest absolute Gasteiger partial charge is 0.255 e. The van der Waals surface area contributed by atoms with Gasteiger partial charge in [-0.3, -0.25) is 4.79 Å². The van der Waals surface area contributed by atoms with Gasteiger partial charge in [0.05, 0.1) is 0 Å². The van der Waals surface area contributed by atoms with Gasteiger partial charge >= 0.3 is 0 Å². The highest BCUT2D eigenvalue weighted by atomic mass is 19.1. The van der Waals surface area contributed by atoms with Crippen LogP contribution >= 0.6 is 0 Å². The van der Waals surface area contributed by atoms with Crippen molar-refractivity contribution >= 4 is 34.6 Å². The van der Waals surface area contributed by atoms with Crippen LogP contribution in [0.3, 0.4) is 0 Å². The van der Waals surface area contributed by atoms with Gasteiger partial charge in [-0.25, -0.2) is 14.4 Å². The summed E-state index contributed by atoms with van der Waals surface area (Å²) in [7, 11) is 0. The van der Waals surface area contributed by atoms with Gasteiger partial charge in [-0.05, 0) is 54.1 Å². The maximum absolute atomic E-state index is 13.3. The van der Waals surface area contributed by atoms with Crippen molar-refractivity contribution in [3.05, 3.63) is 102 Å². The molecule has 1 amide bonds. The van der Waals surface area contributed by atoms with Crippen LogP contribution < -0.4 is 16.0 Å². The highest BCUT2D eigenvalue weighted by molar-refractivity contribution is 6.04. The van der Waals surface area contributed by atoms with Crippen molar-refractivity contribution < 1.29 is 9.18 Å². The molecular weight excluding hydrogens is 393 g/mol. The van der Waals surface area contributed by atoms with Gasteiger partial charge in [0, 0.05) is 34.6 Å². The molecule has 152 valence electrons. The predicted octanol–water partition coefficient (Wildman–Crippen LogP) is 5.26. The third-order valence-corrected chi connectivity index (χ3v) is 5.08. The van der Waals surface area contributed by atoms with E-state index in [0.717, 1.165) is 35.0 Å². The standard InChI is InChI=1S/C24H18FN5O/c25-17-6-3-5-16(12-17)24(31)29-19-10-8-18(9-11-19)28-22-20-13-15-4-1-2-7-21(15)30-23(20)27-14-26-22/h1-12,14H,13H2,(H,29,31)(H2,26,27,28,30). The van der Waals surface area contributed by atoms with Crippen molar-refractivity contribution in [1.29, 1.82) is 0 Å². The molecule has 4 aromatic rings. The lowest BCUT2D eigenvalue weighted by Gasteiger charge is -2.22. The zero-order valence-electron chi connectivity index (χ0n) is 16.4. The number of amides is 1. The number of aromatic nitrogens is 2. The van der Waals surface area contributed by atoms with E-state index < -0.39 is 5.82 Å². The van der Waals surface area contributed by atoms with Crippen LogP contribution in [0.4, 0.5) is 33.1 Å². The largest absolute Gasteiger partial charge is 0.340 e. The van der Waals surface area contributed by atoms with Crippen molar-refractivity contribution in [1.82, 2.24) is 9.97 Å². The number of nitrogens with zero attached hydrogens (tertiary/aromatic N) is 2. The number of benzene rings is 3. The number of anilines is 5. The van der Waals surface area contributed by atoms with E-state index in [9.17, 15) is 9.18 Å². The van der Waals surface area contributed by atoms with Crippen LogP contribution in [0.5, 0.6) is 0 Å². The molecule has 0 radical (unpaired) electrons. The molecule has 7 heteroatoms. The number of hydrogen-bond acceptors (Lipinski definition) is 5. The summed E-state index contributed by atoms with van der Waals surface area (Å²) in [5.41, 5.74) is 4.93. The summed E-state index contributed by atoms with van der Waals surface area (Å²) in [5.74, 6) is 0.700. The normalized spacial score (nSPS) is 11.6. The Balaban J connectivity index is 1.31. The number of carbonyl (C=O) groups excluding carboxylic acids is 1. The lowest BCUT2D eigenvalue weighted by molar-refractivity contribution is 0.102. The Hall–Kier alpha value is -4.26. The van der Waals surface area contributed by atoms with Crippen LogP contribution in [0.2, 0.25) is 0 Å². The minimum atomic E-state index is -0.447. The molecule has 31 heavy (non-hydrogen) atoms. The highest BCUT2D eigenvalue weighted by Gasteiger charge is 2.19. The van der Waals surface area contributed by atoms with E-state index in [1.807, 2.05) is 30.3 Å². The second-order valence-corrected chi connectivity index (χ2v) is 7.18. The Morgan fingerprint density at radius 2 is 1.74 bits per heavy atom. The molecule has 0 aliphatic carbocycles. The molecule has 0 saturated heterocycles. The first-order valence-corrected chi connectivity index (χ1v) is 9.78. The molecule has 0 saturated carbocycles. The molecule has 2 heterocycles. The van der Waals surface area contributed by atoms with Crippen molar-refractivity contribution in [2.45, 2.75) is 6.42 Å². The van der Waals surface area contributed by atoms with E-state index >= 15 is 0 Å². The number of para-hydroxylation sites is 1. The first-order chi connectivity index (χ1) is 15.2. The average molecular weight is 411 g/mol. The van der Waals surface area contributed by atoms with Crippen molar-refractivity contribution in [3.63, 3.8) is 0 Å². The van der Waals surface area contributed by atoms with E-state index in [1.54, 1.807) is 18.2 Å². The number of hydrogen-bond donors (Lipinski definition) is 3. The van der Waals surface area contributed by atoms with Crippen LogP contribution in [-0.4, -0.2) is 15.9 Å². The van der Waals surface area contributed by atoms with Gasteiger partial charge in [0.15, 0.2) is 0 Å².